The fourth-order valence-electron chi connectivity index (χ4n) is 17.8. The second-order valence-electron chi connectivity index (χ2n) is 29.6. The van der Waals surface area contributed by atoms with Gasteiger partial charge in [0.1, 0.15) is 77.8 Å². The van der Waals surface area contributed by atoms with Crippen LogP contribution in [0.3, 0.4) is 0 Å². The molecule has 550 valence electrons. The number of carbonyl (C=O) groups is 2. The minimum absolute atomic E-state index is 0.0505. The molecular weight excluding hydrogens is 1260 g/mol. The van der Waals surface area contributed by atoms with Crippen LogP contribution in [0.2, 0.25) is 0 Å². The lowest BCUT2D eigenvalue weighted by atomic mass is 9.42. The maximum absolute atomic E-state index is 13.6. The third-order valence-electron chi connectivity index (χ3n) is 24.0. The van der Waals surface area contributed by atoms with Crippen LogP contribution in [0.5, 0.6) is 0 Å². The smallest absolute Gasteiger partial charge is 0.330 e. The summed E-state index contributed by atoms with van der Waals surface area (Å²) in [5.74, 6) is -1.68. The van der Waals surface area contributed by atoms with Crippen molar-refractivity contribution in [3.63, 3.8) is 0 Å². The Kier molecular flexibility index (Phi) is 24.3. The molecule has 0 radical (unpaired) electrons. The summed E-state index contributed by atoms with van der Waals surface area (Å²) in [7, 11) is 7.98. The first kappa shape index (κ1) is 76.3. The molecule has 0 aromatic heterocycles. The Labute approximate surface area is 564 Å². The fourth-order valence-corrected chi connectivity index (χ4v) is 17.8. The molecule has 27 nitrogen and oxygen atoms in total. The Morgan fingerprint density at radius 1 is 0.573 bits per heavy atom. The number of hydrogen-bond acceptors (Lipinski definition) is 27. The number of rotatable bonds is 22. The highest BCUT2D eigenvalue weighted by atomic mass is 16.8. The van der Waals surface area contributed by atoms with E-state index in [4.69, 9.17) is 85.3 Å². The van der Waals surface area contributed by atoms with Crippen LogP contribution in [0, 0.1) is 22.7 Å². The second-order valence-corrected chi connectivity index (χ2v) is 29.6. The van der Waals surface area contributed by atoms with Crippen LogP contribution in [0.1, 0.15) is 153 Å². The number of ether oxygens (including phenoxy) is 18. The summed E-state index contributed by atoms with van der Waals surface area (Å²) in [6.45, 7) is 19.5. The topological polar surface area (TPSA) is 342 Å². The molecular formula is C69H112O27. The van der Waals surface area contributed by atoms with E-state index in [9.17, 15) is 45.3 Å². The molecule has 10 rings (SSSR count). The molecule has 9 fully saturated rings. The summed E-state index contributed by atoms with van der Waals surface area (Å²) in [5.41, 5.74) is -6.24. The third-order valence-corrected chi connectivity index (χ3v) is 24.0. The normalized spacial score (nSPS) is 50.1. The molecule has 0 unspecified atom stereocenters. The van der Waals surface area contributed by atoms with E-state index < -0.39 is 212 Å². The van der Waals surface area contributed by atoms with E-state index in [1.165, 1.54) is 20.1 Å². The van der Waals surface area contributed by atoms with Gasteiger partial charge in [0, 0.05) is 79.6 Å². The highest BCUT2D eigenvalue weighted by Crippen LogP contribution is 2.71. The zero-order valence-corrected chi connectivity index (χ0v) is 58.9. The summed E-state index contributed by atoms with van der Waals surface area (Å²) in [6.07, 6.45) is -13.6. The SMILES string of the molecule is CO[C@H]1C[C@H](O[C@H]2CC[C@@]3(C)C(=CC[C@]4(O)[C@@H]3C[C@@H](OC(=O)/C=C(\C)C(C)C)[C@@]3(C)[C@]4(O)CC[C@@]3(O)C(C)=O)C2)O[C@H](C)[C@H]1O[C@H]1C[C@H](OC)[C@H](O[C@H]2C[C@@H](OC)[C@H](O[C@H]3C[C@H](OC)[C@H](O[C@H]4C[C@@H](OC)[C@H](O[C@@H]5O[C@H](CO)[C@@H](O)[C@H](O)[C@H]5O)[C@@H](C)O4)[C@@H](C)O3)[C@@H](C)O2)[C@@H](C)O1. The average molecular weight is 1370 g/mol. The molecule has 6 aliphatic heterocycles. The Hall–Kier alpha value is -2.34. The molecule has 33 atom stereocenters. The first-order valence-electron chi connectivity index (χ1n) is 34.8. The van der Waals surface area contributed by atoms with Crippen LogP contribution in [0.4, 0.5) is 0 Å². The summed E-state index contributed by atoms with van der Waals surface area (Å²) in [6, 6.07) is 0. The fraction of sp³-hybridized carbons (Fsp3) is 0.913. The first-order valence-corrected chi connectivity index (χ1v) is 34.8. The van der Waals surface area contributed by atoms with Gasteiger partial charge in [-0.15, -0.1) is 0 Å². The van der Waals surface area contributed by atoms with Crippen LogP contribution in [-0.4, -0.2) is 272 Å². The van der Waals surface area contributed by atoms with Gasteiger partial charge in [-0.1, -0.05) is 38.0 Å². The van der Waals surface area contributed by atoms with Gasteiger partial charge < -0.3 is 121 Å². The highest BCUT2D eigenvalue weighted by Gasteiger charge is 2.81. The largest absolute Gasteiger partial charge is 0.458 e. The van der Waals surface area contributed by atoms with Crippen LogP contribution < -0.4 is 0 Å². The number of allylic oxidation sites excluding steroid dienone is 1. The van der Waals surface area contributed by atoms with Crippen molar-refractivity contribution < 1.29 is 131 Å². The van der Waals surface area contributed by atoms with Gasteiger partial charge in [-0.3, -0.25) is 4.79 Å². The number of ketones is 1. The molecule has 0 bridgehead atoms. The summed E-state index contributed by atoms with van der Waals surface area (Å²) >= 11 is 0. The van der Waals surface area contributed by atoms with Crippen LogP contribution >= 0.6 is 0 Å². The van der Waals surface area contributed by atoms with Crippen molar-refractivity contribution in [2.24, 2.45) is 22.7 Å². The van der Waals surface area contributed by atoms with E-state index in [1.54, 1.807) is 42.3 Å². The molecule has 96 heavy (non-hydrogen) atoms. The van der Waals surface area contributed by atoms with Crippen LogP contribution in [-0.2, 0) is 94.9 Å². The standard InChI is InChI=1S/C69H112O27/c1-32(2)33(3)23-50(72)91-49-30-48-65(10)19-18-41(24-40(65)17-20-68(48,77)69(78)22-21-67(76,39(9)71)66(49,69)11)89-51-25-42(79-12)59(34(4)84-51)92-52-26-43(80-13)60(35(5)85-52)93-53-27-44(81-14)61(36(6)86-53)94-54-28-45(82-15)62(37(7)87-54)95-55-29-46(83-16)63(38(8)88-55)96-64-58(75)57(74)56(73)47(31-70)90-64/h17,23,32,34-38,41-49,51-64,70,73-78H,18-22,24-31H2,1-16H3/b33-23+/t34-,35-,36-,37-,38-,41+,42+,43+,44-,45+,46-,47-,48-,49-,51+,52+,53+,54+,55+,56-,57+,58-,59-,60-,61-,62-,63-,64+,65+,66-,67-,68+,69-/m1/s1. The van der Waals surface area contributed by atoms with E-state index in [2.05, 4.69) is 6.92 Å². The van der Waals surface area contributed by atoms with Crippen molar-refractivity contribution >= 4 is 11.8 Å². The van der Waals surface area contributed by atoms with Crippen molar-refractivity contribution in [3.8, 4) is 0 Å². The number of methoxy groups -OCH3 is 5. The van der Waals surface area contributed by atoms with Crippen molar-refractivity contribution in [2.45, 2.75) is 336 Å². The summed E-state index contributed by atoms with van der Waals surface area (Å²) in [4.78, 5) is 27.0. The maximum Gasteiger partial charge on any atom is 0.330 e. The number of fused-ring (bicyclic) bond motifs is 5. The lowest BCUT2D eigenvalue weighted by Crippen LogP contribution is -2.78. The maximum atomic E-state index is 13.6. The predicted molar refractivity (Wildman–Crippen MR) is 336 cm³/mol. The minimum atomic E-state index is -2.04. The molecule has 0 aromatic rings. The van der Waals surface area contributed by atoms with Crippen molar-refractivity contribution in [1.29, 1.82) is 0 Å². The van der Waals surface area contributed by atoms with E-state index in [-0.39, 0.29) is 44.1 Å². The Morgan fingerprint density at radius 2 is 0.990 bits per heavy atom. The molecule has 10 aliphatic rings. The highest BCUT2D eigenvalue weighted by molar-refractivity contribution is 5.87. The van der Waals surface area contributed by atoms with Crippen LogP contribution in [0.25, 0.3) is 0 Å². The summed E-state index contributed by atoms with van der Waals surface area (Å²) in [5, 5.41) is 79.2. The summed E-state index contributed by atoms with van der Waals surface area (Å²) < 4.78 is 114. The zero-order valence-electron chi connectivity index (χ0n) is 58.9. The average Bonchev–Trinajstić information content (AvgIpc) is 1.38. The van der Waals surface area contributed by atoms with Crippen molar-refractivity contribution in [3.05, 3.63) is 23.3 Å². The van der Waals surface area contributed by atoms with Crippen molar-refractivity contribution in [1.82, 2.24) is 0 Å². The Morgan fingerprint density at radius 3 is 1.39 bits per heavy atom. The Bertz CT molecular complexity index is 2680. The molecule has 27 heteroatoms. The van der Waals surface area contributed by atoms with Gasteiger partial charge in [0.15, 0.2) is 43.5 Å². The molecule has 0 amide bonds. The van der Waals surface area contributed by atoms with Gasteiger partial charge in [-0.2, -0.15) is 0 Å². The predicted octanol–water partition coefficient (Wildman–Crippen LogP) is 3.48. The number of carbonyl (C=O) groups excluding carboxylic acids is 2. The quantitative estimate of drug-likeness (QED) is 0.0463. The lowest BCUT2D eigenvalue weighted by Gasteiger charge is -2.67. The lowest BCUT2D eigenvalue weighted by molar-refractivity contribution is -0.360. The number of hydrogen-bond donors (Lipinski definition) is 7. The molecule has 6 heterocycles. The van der Waals surface area contributed by atoms with Gasteiger partial charge in [0.25, 0.3) is 0 Å². The number of aliphatic hydroxyl groups is 7. The van der Waals surface area contributed by atoms with Gasteiger partial charge >= 0.3 is 5.97 Å². The molecule has 7 N–H and O–H groups in total. The van der Waals surface area contributed by atoms with Crippen molar-refractivity contribution in [2.75, 3.05) is 42.2 Å². The molecule has 0 spiro atoms. The van der Waals surface area contributed by atoms with Gasteiger partial charge in [-0.25, -0.2) is 4.79 Å². The second kappa shape index (κ2) is 30.5. The third kappa shape index (κ3) is 14.3. The molecule has 4 aliphatic carbocycles. The monoisotopic (exact) mass is 1370 g/mol. The van der Waals surface area contributed by atoms with Gasteiger partial charge in [-0.05, 0) is 112 Å². The Balaban J connectivity index is 0.701. The number of aliphatic hydroxyl groups excluding tert-OH is 4. The van der Waals surface area contributed by atoms with Gasteiger partial charge in [0.2, 0.25) is 0 Å². The zero-order chi connectivity index (χ0) is 69.9. The van der Waals surface area contributed by atoms with E-state index in [1.807, 2.05) is 54.5 Å². The molecule has 6 saturated heterocycles. The first-order chi connectivity index (χ1) is 45.3. The van der Waals surface area contributed by atoms with Gasteiger partial charge in [0.05, 0.1) is 79.2 Å². The van der Waals surface area contributed by atoms with E-state index >= 15 is 0 Å². The van der Waals surface area contributed by atoms with Crippen LogP contribution in [0.15, 0.2) is 23.3 Å². The molecule has 3 saturated carbocycles. The number of esters is 1. The molecule has 0 aromatic carbocycles. The van der Waals surface area contributed by atoms with E-state index in [0.717, 1.165) is 11.1 Å². The van der Waals surface area contributed by atoms with E-state index in [0.29, 0.717) is 44.9 Å². The number of Topliss-reactive ketones (excluding diaryl/α,β-unsaturated/α-hetero) is 1. The minimum Gasteiger partial charge on any atom is -0.458 e.